The average Bonchev–Trinajstić information content (AvgIpc) is 2.89. The number of nitrogens with zero attached hydrogens (tertiary/aromatic N) is 2. The molecule has 1 N–H and O–H groups in total. The minimum absolute atomic E-state index is 0.320. The molecule has 0 unspecified atom stereocenters. The van der Waals surface area contributed by atoms with Gasteiger partial charge in [-0.05, 0) is 11.6 Å². The second-order valence-corrected chi connectivity index (χ2v) is 4.37. The van der Waals surface area contributed by atoms with Crippen LogP contribution in [0.1, 0.15) is 5.56 Å². The Morgan fingerprint density at radius 2 is 1.90 bits per heavy atom. The molecule has 0 aliphatic heterocycles. The fourth-order valence-electron chi connectivity index (χ4n) is 2.30. The molecule has 0 saturated heterocycles. The van der Waals surface area contributed by atoms with Crippen molar-refractivity contribution in [2.45, 2.75) is 0 Å². The van der Waals surface area contributed by atoms with Gasteiger partial charge < -0.3 is 9.62 Å². The van der Waals surface area contributed by atoms with E-state index in [2.05, 4.69) is 5.16 Å². The fourth-order valence-corrected chi connectivity index (χ4v) is 2.30. The Morgan fingerprint density at radius 1 is 1.14 bits per heavy atom. The maximum atomic E-state index is 11.3. The van der Waals surface area contributed by atoms with Crippen LogP contribution in [0.4, 0.5) is 5.88 Å². The van der Waals surface area contributed by atoms with E-state index in [4.69, 9.17) is 9.62 Å². The molecule has 2 aromatic carbocycles. The van der Waals surface area contributed by atoms with Gasteiger partial charge in [0.2, 0.25) is 0 Å². The van der Waals surface area contributed by atoms with Crippen molar-refractivity contribution in [3.63, 3.8) is 0 Å². The topological polar surface area (TPSA) is 88.9 Å². The van der Waals surface area contributed by atoms with Crippen LogP contribution in [0.15, 0.2) is 58.1 Å². The second kappa shape index (κ2) is 5.09. The number of hydrogen-bond donors (Lipinski definition) is 1. The van der Waals surface area contributed by atoms with E-state index in [1.807, 2.05) is 6.07 Å². The first-order valence-electron chi connectivity index (χ1n) is 6.15. The van der Waals surface area contributed by atoms with Crippen LogP contribution in [0.3, 0.4) is 0 Å². The average molecular weight is 282 g/mol. The van der Waals surface area contributed by atoms with E-state index in [-0.39, 0.29) is 5.88 Å². The highest BCUT2D eigenvalue weighted by Crippen LogP contribution is 2.40. The van der Waals surface area contributed by atoms with Gasteiger partial charge in [-0.3, -0.25) is 10.1 Å². The highest BCUT2D eigenvalue weighted by Gasteiger charge is 2.26. The minimum atomic E-state index is -0.553. The van der Waals surface area contributed by atoms with Crippen molar-refractivity contribution >= 4 is 23.1 Å². The van der Waals surface area contributed by atoms with Crippen LogP contribution in [-0.2, 0) is 0 Å². The molecule has 3 aromatic rings. The summed E-state index contributed by atoms with van der Waals surface area (Å²) >= 11 is 0. The Morgan fingerprint density at radius 3 is 2.57 bits per heavy atom. The molecule has 104 valence electrons. The van der Waals surface area contributed by atoms with Crippen molar-refractivity contribution in [3.8, 4) is 11.1 Å². The number of oxime groups is 1. The number of hydrogen-bond acceptors (Lipinski definition) is 5. The van der Waals surface area contributed by atoms with E-state index in [1.165, 1.54) is 6.21 Å². The molecule has 0 aliphatic rings. The van der Waals surface area contributed by atoms with Crippen molar-refractivity contribution in [3.05, 3.63) is 64.2 Å². The molecule has 0 spiro atoms. The third kappa shape index (κ3) is 2.12. The van der Waals surface area contributed by atoms with Gasteiger partial charge in [0, 0.05) is 10.9 Å². The molecular formula is C15H10N2O4. The van der Waals surface area contributed by atoms with Crippen molar-refractivity contribution in [1.29, 1.82) is 0 Å². The number of furan rings is 1. The molecule has 1 aromatic heterocycles. The summed E-state index contributed by atoms with van der Waals surface area (Å²) in [6.07, 6.45) is 1.18. The van der Waals surface area contributed by atoms with Crippen LogP contribution >= 0.6 is 0 Å². The lowest BCUT2D eigenvalue weighted by Gasteiger charge is -1.98. The zero-order valence-electron chi connectivity index (χ0n) is 10.8. The van der Waals surface area contributed by atoms with E-state index >= 15 is 0 Å². The van der Waals surface area contributed by atoms with Crippen LogP contribution in [0, 0.1) is 10.1 Å². The molecule has 0 fully saturated rings. The highest BCUT2D eigenvalue weighted by molar-refractivity contribution is 6.05. The summed E-state index contributed by atoms with van der Waals surface area (Å²) in [5, 5.41) is 23.5. The zero-order chi connectivity index (χ0) is 14.8. The third-order valence-corrected chi connectivity index (χ3v) is 3.15. The molecule has 0 bridgehead atoms. The Balaban J connectivity index is 2.39. The van der Waals surface area contributed by atoms with Gasteiger partial charge in [-0.2, -0.15) is 0 Å². The third-order valence-electron chi connectivity index (χ3n) is 3.15. The van der Waals surface area contributed by atoms with Gasteiger partial charge in [0.05, 0.1) is 6.21 Å². The first-order chi connectivity index (χ1) is 10.2. The molecule has 0 saturated carbocycles. The predicted octanol–water partition coefficient (Wildman–Crippen LogP) is 3.82. The van der Waals surface area contributed by atoms with Crippen molar-refractivity contribution in [2.75, 3.05) is 0 Å². The van der Waals surface area contributed by atoms with Crippen LogP contribution in [0.25, 0.3) is 22.1 Å². The number of para-hydroxylation sites is 1. The van der Waals surface area contributed by atoms with Gasteiger partial charge >= 0.3 is 5.88 Å². The van der Waals surface area contributed by atoms with E-state index in [0.717, 1.165) is 0 Å². The highest BCUT2D eigenvalue weighted by atomic mass is 16.6. The molecule has 6 nitrogen and oxygen atoms in total. The zero-order valence-corrected chi connectivity index (χ0v) is 10.8. The van der Waals surface area contributed by atoms with Crippen molar-refractivity contribution in [1.82, 2.24) is 0 Å². The van der Waals surface area contributed by atoms with Crippen LogP contribution < -0.4 is 0 Å². The van der Waals surface area contributed by atoms with E-state index in [1.54, 1.807) is 42.5 Å². The van der Waals surface area contributed by atoms with Crippen LogP contribution in [0.5, 0.6) is 0 Å². The number of nitro groups is 1. The number of fused-ring (bicyclic) bond motifs is 1. The molecule has 0 atom stereocenters. The predicted molar refractivity (Wildman–Crippen MR) is 77.7 cm³/mol. The standard InChI is InChI=1S/C15H10N2O4/c18-16-9-11-7-4-8-12-13(10-5-2-1-3-6-10)15(17(19)20)21-14(11)12/h1-9,18H. The van der Waals surface area contributed by atoms with Gasteiger partial charge in [-0.25, -0.2) is 0 Å². The Kier molecular flexibility index (Phi) is 3.12. The van der Waals surface area contributed by atoms with Gasteiger partial charge in [-0.1, -0.05) is 47.6 Å². The van der Waals surface area contributed by atoms with Crippen LogP contribution in [0.2, 0.25) is 0 Å². The number of benzene rings is 2. The molecule has 3 rings (SSSR count). The lowest BCUT2D eigenvalue weighted by molar-refractivity contribution is -0.400. The molecule has 6 heteroatoms. The lowest BCUT2D eigenvalue weighted by atomic mass is 10.0. The Labute approximate surface area is 119 Å². The normalized spacial score (nSPS) is 11.2. The lowest BCUT2D eigenvalue weighted by Crippen LogP contribution is -1.87. The quantitative estimate of drug-likeness (QED) is 0.342. The summed E-state index contributed by atoms with van der Waals surface area (Å²) in [7, 11) is 0. The first kappa shape index (κ1) is 12.9. The molecule has 0 radical (unpaired) electrons. The van der Waals surface area contributed by atoms with Gasteiger partial charge in [0.25, 0.3) is 0 Å². The fraction of sp³-hybridized carbons (Fsp3) is 0. The van der Waals surface area contributed by atoms with E-state index in [9.17, 15) is 10.1 Å². The summed E-state index contributed by atoms with van der Waals surface area (Å²) in [5.74, 6) is -0.324. The number of rotatable bonds is 3. The Bertz CT molecular complexity index is 838. The maximum absolute atomic E-state index is 11.3. The first-order valence-corrected chi connectivity index (χ1v) is 6.15. The molecule has 21 heavy (non-hydrogen) atoms. The summed E-state index contributed by atoms with van der Waals surface area (Å²) in [6, 6.07) is 14.1. The van der Waals surface area contributed by atoms with Gasteiger partial charge in [-0.15, -0.1) is 0 Å². The van der Waals surface area contributed by atoms with E-state index in [0.29, 0.717) is 27.7 Å². The van der Waals surface area contributed by atoms with Crippen molar-refractivity contribution < 1.29 is 14.5 Å². The summed E-state index contributed by atoms with van der Waals surface area (Å²) < 4.78 is 5.40. The summed E-state index contributed by atoms with van der Waals surface area (Å²) in [6.45, 7) is 0. The molecule has 1 heterocycles. The largest absolute Gasteiger partial charge is 0.442 e. The molecular weight excluding hydrogens is 272 g/mol. The Hall–Kier alpha value is -3.15. The molecule has 0 aliphatic carbocycles. The second-order valence-electron chi connectivity index (χ2n) is 4.37. The summed E-state index contributed by atoms with van der Waals surface area (Å²) in [5.41, 5.74) is 1.91. The smallest absolute Gasteiger partial charge is 0.411 e. The van der Waals surface area contributed by atoms with Gasteiger partial charge in [0.1, 0.15) is 10.5 Å². The van der Waals surface area contributed by atoms with Crippen molar-refractivity contribution in [2.24, 2.45) is 5.16 Å². The van der Waals surface area contributed by atoms with Crippen LogP contribution in [-0.4, -0.2) is 16.3 Å². The SMILES string of the molecule is O=[N+]([O-])c1oc2c(C=NO)cccc2c1-c1ccccc1. The van der Waals surface area contributed by atoms with E-state index < -0.39 is 4.92 Å². The minimum Gasteiger partial charge on any atom is -0.411 e. The molecule has 0 amide bonds. The van der Waals surface area contributed by atoms with Gasteiger partial charge in [0.15, 0.2) is 5.58 Å². The monoisotopic (exact) mass is 282 g/mol. The maximum Gasteiger partial charge on any atom is 0.442 e. The summed E-state index contributed by atoms with van der Waals surface area (Å²) in [4.78, 5) is 10.7.